The van der Waals surface area contributed by atoms with Crippen LogP contribution in [-0.4, -0.2) is 34.6 Å². The maximum atomic E-state index is 12.6. The van der Waals surface area contributed by atoms with Crippen LogP contribution >= 0.6 is 11.6 Å². The molecule has 0 fully saturated rings. The van der Waals surface area contributed by atoms with Crippen molar-refractivity contribution >= 4 is 38.9 Å². The fraction of sp³-hybridized carbons (Fsp3) is 0.278. The number of nitrogens with one attached hydrogen (secondary N) is 1. The molecule has 2 aromatic carbocycles. The third kappa shape index (κ3) is 3.85. The number of amides is 1. The highest BCUT2D eigenvalue weighted by molar-refractivity contribution is 7.92. The second-order valence-corrected chi connectivity index (χ2v) is 8.02. The molecule has 0 saturated carbocycles. The Kier molecular flexibility index (Phi) is 5.50. The number of aryl methyl sites for hydroxylation is 1. The molecule has 26 heavy (non-hydrogen) atoms. The van der Waals surface area contributed by atoms with E-state index in [0.29, 0.717) is 17.9 Å². The van der Waals surface area contributed by atoms with E-state index in [2.05, 4.69) is 4.72 Å². The Balaban J connectivity index is 1.92. The Bertz CT molecular complexity index is 931. The van der Waals surface area contributed by atoms with Crippen LogP contribution in [0.3, 0.4) is 0 Å². The molecule has 1 aliphatic heterocycles. The second kappa shape index (κ2) is 7.65. The van der Waals surface area contributed by atoms with Gasteiger partial charge in [0, 0.05) is 19.3 Å². The summed E-state index contributed by atoms with van der Waals surface area (Å²) in [6.07, 6.45) is 1.69. The van der Waals surface area contributed by atoms with Gasteiger partial charge < -0.3 is 9.64 Å². The second-order valence-electron chi connectivity index (χ2n) is 5.96. The van der Waals surface area contributed by atoms with Crippen molar-refractivity contribution in [2.75, 3.05) is 29.9 Å². The van der Waals surface area contributed by atoms with Crippen molar-refractivity contribution in [3.63, 3.8) is 0 Å². The van der Waals surface area contributed by atoms with Crippen molar-refractivity contribution in [3.05, 3.63) is 53.1 Å². The van der Waals surface area contributed by atoms with Gasteiger partial charge in [0.25, 0.3) is 15.9 Å². The lowest BCUT2D eigenvalue weighted by molar-refractivity contribution is -0.122. The van der Waals surface area contributed by atoms with Gasteiger partial charge in [0.2, 0.25) is 0 Å². The number of methoxy groups -OCH3 is 1. The Hall–Kier alpha value is -2.09. The minimum absolute atomic E-state index is 0.00621. The highest BCUT2D eigenvalue weighted by Crippen LogP contribution is 2.31. The fourth-order valence-electron chi connectivity index (χ4n) is 2.97. The van der Waals surface area contributed by atoms with Gasteiger partial charge in [0.05, 0.1) is 10.7 Å². The molecule has 0 unspecified atom stereocenters. The van der Waals surface area contributed by atoms with Crippen LogP contribution in [-0.2, 0) is 26.0 Å². The van der Waals surface area contributed by atoms with Crippen molar-refractivity contribution in [2.45, 2.75) is 17.7 Å². The molecule has 1 heterocycles. The maximum Gasteiger partial charge on any atom is 0.263 e. The predicted molar refractivity (Wildman–Crippen MR) is 101 cm³/mol. The molecule has 6 nitrogen and oxygen atoms in total. The molecule has 0 spiro atoms. The van der Waals surface area contributed by atoms with Crippen LogP contribution < -0.4 is 9.62 Å². The average molecular weight is 395 g/mol. The molecular formula is C18H19ClN2O4S. The zero-order chi connectivity index (χ0) is 18.7. The van der Waals surface area contributed by atoms with Gasteiger partial charge in [0.1, 0.15) is 11.5 Å². The number of nitrogens with zero attached hydrogens (tertiary/aromatic N) is 1. The number of halogens is 1. The summed E-state index contributed by atoms with van der Waals surface area (Å²) < 4.78 is 32.7. The molecule has 2 aromatic rings. The van der Waals surface area contributed by atoms with Crippen LogP contribution in [0.4, 0.5) is 11.4 Å². The fourth-order valence-corrected chi connectivity index (χ4v) is 4.54. The van der Waals surface area contributed by atoms with Crippen LogP contribution in [0.1, 0.15) is 12.0 Å². The predicted octanol–water partition coefficient (Wildman–Crippen LogP) is 3.07. The van der Waals surface area contributed by atoms with Crippen LogP contribution in [0.25, 0.3) is 0 Å². The normalized spacial score (nSPS) is 14.0. The van der Waals surface area contributed by atoms with Crippen LogP contribution in [0.15, 0.2) is 47.4 Å². The highest BCUT2D eigenvalue weighted by atomic mass is 35.5. The van der Waals surface area contributed by atoms with E-state index >= 15 is 0 Å². The van der Waals surface area contributed by atoms with Crippen LogP contribution in [0.5, 0.6) is 0 Å². The summed E-state index contributed by atoms with van der Waals surface area (Å²) in [5.41, 5.74) is 2.08. The quantitative estimate of drug-likeness (QED) is 0.845. The van der Waals surface area contributed by atoms with E-state index in [9.17, 15) is 13.2 Å². The number of ether oxygens (including phenoxy) is 1. The third-order valence-electron chi connectivity index (χ3n) is 4.15. The van der Waals surface area contributed by atoms with E-state index < -0.39 is 10.0 Å². The lowest BCUT2D eigenvalue weighted by Gasteiger charge is -2.30. The number of carbonyl (C=O) groups is 1. The van der Waals surface area contributed by atoms with Gasteiger partial charge in [-0.1, -0.05) is 29.8 Å². The lowest BCUT2D eigenvalue weighted by atomic mass is 10.0. The third-order valence-corrected chi connectivity index (χ3v) is 6.03. The maximum absolute atomic E-state index is 12.6. The van der Waals surface area contributed by atoms with Gasteiger partial charge >= 0.3 is 0 Å². The Morgan fingerprint density at radius 3 is 2.77 bits per heavy atom. The van der Waals surface area contributed by atoms with Gasteiger partial charge in [0.15, 0.2) is 0 Å². The van der Waals surface area contributed by atoms with Crippen LogP contribution in [0, 0.1) is 0 Å². The number of hydrogen-bond donors (Lipinski definition) is 1. The van der Waals surface area contributed by atoms with Gasteiger partial charge in [-0.05, 0) is 42.7 Å². The molecule has 1 aliphatic rings. The monoisotopic (exact) mass is 394 g/mol. The SMILES string of the molecule is COCC(=O)N1CCCc2ccc(NS(=O)(=O)c3ccccc3Cl)cc21. The summed E-state index contributed by atoms with van der Waals surface area (Å²) in [7, 11) is -2.36. The molecule has 138 valence electrons. The van der Waals surface area contributed by atoms with Crippen molar-refractivity contribution < 1.29 is 17.9 Å². The largest absolute Gasteiger partial charge is 0.375 e. The first kappa shape index (κ1) is 18.7. The average Bonchev–Trinajstić information content (AvgIpc) is 2.61. The Morgan fingerprint density at radius 2 is 2.04 bits per heavy atom. The van der Waals surface area contributed by atoms with E-state index in [-0.39, 0.29) is 22.4 Å². The highest BCUT2D eigenvalue weighted by Gasteiger charge is 2.24. The molecule has 1 amide bonds. The Labute approximate surface area is 157 Å². The van der Waals surface area contributed by atoms with Crippen molar-refractivity contribution in [3.8, 4) is 0 Å². The van der Waals surface area contributed by atoms with Crippen molar-refractivity contribution in [2.24, 2.45) is 0 Å². The standard InChI is InChI=1S/C18H19ClN2O4S/c1-25-12-18(22)21-10-4-5-13-8-9-14(11-16(13)21)20-26(23,24)17-7-3-2-6-15(17)19/h2-3,6-9,11,20H,4-5,10,12H2,1H3. The number of fused-ring (bicyclic) bond motifs is 1. The number of rotatable bonds is 5. The number of benzene rings is 2. The van der Waals surface area contributed by atoms with E-state index in [0.717, 1.165) is 18.4 Å². The first-order valence-electron chi connectivity index (χ1n) is 8.12. The number of anilines is 2. The van der Waals surface area contributed by atoms with Crippen LogP contribution in [0.2, 0.25) is 5.02 Å². The number of carbonyl (C=O) groups excluding carboxylic acids is 1. The van der Waals surface area contributed by atoms with E-state index in [4.69, 9.17) is 16.3 Å². The van der Waals surface area contributed by atoms with Crippen molar-refractivity contribution in [1.29, 1.82) is 0 Å². The molecular weight excluding hydrogens is 376 g/mol. The first-order valence-corrected chi connectivity index (χ1v) is 9.98. The summed E-state index contributed by atoms with van der Waals surface area (Å²) in [5, 5.41) is 0.148. The zero-order valence-electron chi connectivity index (χ0n) is 14.2. The molecule has 1 N–H and O–H groups in total. The number of hydrogen-bond acceptors (Lipinski definition) is 4. The summed E-state index contributed by atoms with van der Waals surface area (Å²) in [6, 6.07) is 11.4. The van der Waals surface area contributed by atoms with Gasteiger partial charge in [-0.15, -0.1) is 0 Å². The molecule has 0 aromatic heterocycles. The Morgan fingerprint density at radius 1 is 1.27 bits per heavy atom. The topological polar surface area (TPSA) is 75.7 Å². The minimum Gasteiger partial charge on any atom is -0.375 e. The number of sulfonamides is 1. The van der Waals surface area contributed by atoms with Gasteiger partial charge in [-0.2, -0.15) is 0 Å². The minimum atomic E-state index is -3.83. The summed E-state index contributed by atoms with van der Waals surface area (Å²) in [4.78, 5) is 13.9. The summed E-state index contributed by atoms with van der Waals surface area (Å²) >= 11 is 6.00. The smallest absolute Gasteiger partial charge is 0.263 e. The first-order chi connectivity index (χ1) is 12.4. The van der Waals surface area contributed by atoms with Gasteiger partial charge in [-0.25, -0.2) is 8.42 Å². The molecule has 8 heteroatoms. The van der Waals surface area contributed by atoms with E-state index in [1.807, 2.05) is 6.07 Å². The molecule has 0 aliphatic carbocycles. The molecule has 0 saturated heterocycles. The van der Waals surface area contributed by atoms with Crippen molar-refractivity contribution in [1.82, 2.24) is 0 Å². The zero-order valence-corrected chi connectivity index (χ0v) is 15.8. The van der Waals surface area contributed by atoms with E-state index in [1.165, 1.54) is 19.2 Å². The lowest BCUT2D eigenvalue weighted by Crippen LogP contribution is -2.37. The molecule has 0 atom stereocenters. The van der Waals surface area contributed by atoms with E-state index in [1.54, 1.807) is 29.2 Å². The molecule has 0 bridgehead atoms. The molecule has 0 radical (unpaired) electrons. The molecule has 3 rings (SSSR count). The summed E-state index contributed by atoms with van der Waals surface area (Å²) in [6.45, 7) is 0.560. The summed E-state index contributed by atoms with van der Waals surface area (Å²) in [5.74, 6) is -0.153. The van der Waals surface area contributed by atoms with Gasteiger partial charge in [-0.3, -0.25) is 9.52 Å².